The Morgan fingerprint density at radius 1 is 1.00 bits per heavy atom. The molecule has 1 atom stereocenters. The van der Waals surface area contributed by atoms with Gasteiger partial charge in [-0.2, -0.15) is 0 Å². The van der Waals surface area contributed by atoms with Crippen molar-refractivity contribution in [1.29, 1.82) is 0 Å². The monoisotopic (exact) mass is 444 g/mol. The van der Waals surface area contributed by atoms with Gasteiger partial charge in [-0.1, -0.05) is 0 Å². The molecular formula is C17H16O4Se2. The summed E-state index contributed by atoms with van der Waals surface area (Å²) in [4.78, 5) is 11.7. The molecule has 0 spiro atoms. The predicted octanol–water partition coefficient (Wildman–Crippen LogP) is 1.95. The predicted molar refractivity (Wildman–Crippen MR) is 91.3 cm³/mol. The summed E-state index contributed by atoms with van der Waals surface area (Å²) in [6, 6.07) is 16.9. The number of carbonyl (C=O) groups is 1. The molecule has 0 aromatic heterocycles. The van der Waals surface area contributed by atoms with Crippen LogP contribution < -0.4 is 9.47 Å². The molecular weight excluding hydrogens is 426 g/mol. The van der Waals surface area contributed by atoms with E-state index in [1.165, 1.54) is 7.11 Å². The molecule has 0 saturated heterocycles. The third-order valence-corrected chi connectivity index (χ3v) is 6.26. The fraction of sp³-hybridized carbons (Fsp3) is 0.176. The van der Waals surface area contributed by atoms with Gasteiger partial charge < -0.3 is 0 Å². The molecule has 0 heterocycles. The van der Waals surface area contributed by atoms with E-state index in [4.69, 9.17) is 14.2 Å². The van der Waals surface area contributed by atoms with Gasteiger partial charge in [0, 0.05) is 0 Å². The molecule has 0 aliphatic heterocycles. The average molecular weight is 442 g/mol. The Morgan fingerprint density at radius 3 is 2.17 bits per heavy atom. The van der Waals surface area contributed by atoms with E-state index < -0.39 is 0 Å². The third-order valence-electron chi connectivity index (χ3n) is 2.99. The number of benzene rings is 2. The van der Waals surface area contributed by atoms with Gasteiger partial charge in [-0.05, 0) is 0 Å². The Labute approximate surface area is 149 Å². The van der Waals surface area contributed by atoms with Crippen LogP contribution in [0.4, 0.5) is 0 Å². The summed E-state index contributed by atoms with van der Waals surface area (Å²) in [5.74, 6) is 1.20. The van der Waals surface area contributed by atoms with Gasteiger partial charge in [-0.3, -0.25) is 0 Å². The topological polar surface area (TPSA) is 44.8 Å². The van der Waals surface area contributed by atoms with E-state index in [0.717, 1.165) is 11.3 Å². The zero-order chi connectivity index (χ0) is 16.7. The first kappa shape index (κ1) is 17.8. The Kier molecular flexibility index (Phi) is 6.87. The summed E-state index contributed by atoms with van der Waals surface area (Å²) in [6.45, 7) is 0. The first-order chi connectivity index (χ1) is 11.1. The number of esters is 1. The molecule has 23 heavy (non-hydrogen) atoms. The Bertz CT molecular complexity index is 656. The summed E-state index contributed by atoms with van der Waals surface area (Å²) in [5, 5.41) is 0. The van der Waals surface area contributed by atoms with Crippen LogP contribution in [0.5, 0.6) is 11.5 Å². The van der Waals surface area contributed by atoms with Crippen molar-refractivity contribution in [2.24, 2.45) is 0 Å². The van der Waals surface area contributed by atoms with Gasteiger partial charge in [0.1, 0.15) is 0 Å². The zero-order valence-electron chi connectivity index (χ0n) is 12.7. The molecule has 0 N–H and O–H groups in total. The number of rotatable bonds is 7. The fourth-order valence-corrected chi connectivity index (χ4v) is 4.82. The fourth-order valence-electron chi connectivity index (χ4n) is 1.85. The summed E-state index contributed by atoms with van der Waals surface area (Å²) >= 11 is 2.67. The normalized spacial score (nSPS) is 11.4. The van der Waals surface area contributed by atoms with Crippen molar-refractivity contribution in [3.63, 3.8) is 0 Å². The zero-order valence-corrected chi connectivity index (χ0v) is 16.1. The van der Waals surface area contributed by atoms with Crippen LogP contribution in [0, 0.1) is 0 Å². The Balaban J connectivity index is 2.06. The second-order valence-corrected chi connectivity index (χ2v) is 8.81. The van der Waals surface area contributed by atoms with Crippen molar-refractivity contribution in [3.8, 4) is 11.5 Å². The van der Waals surface area contributed by atoms with E-state index in [1.807, 2.05) is 54.6 Å². The van der Waals surface area contributed by atoms with Crippen molar-refractivity contribution in [3.05, 3.63) is 60.2 Å². The molecule has 120 valence electrons. The molecule has 0 fully saturated rings. The van der Waals surface area contributed by atoms with Crippen molar-refractivity contribution in [2.45, 2.75) is 4.82 Å². The van der Waals surface area contributed by atoms with Crippen LogP contribution in [0.25, 0.3) is 0 Å². The molecule has 0 amide bonds. The first-order valence-corrected chi connectivity index (χ1v) is 9.49. The maximum absolute atomic E-state index is 12.1. The van der Waals surface area contributed by atoms with Crippen LogP contribution in [0.2, 0.25) is 0 Å². The molecule has 0 radical (unpaired) electrons. The minimum absolute atomic E-state index is 0.242. The Morgan fingerprint density at radius 2 is 1.61 bits per heavy atom. The number of methoxy groups -OCH3 is 2. The van der Waals surface area contributed by atoms with Gasteiger partial charge in [0.25, 0.3) is 0 Å². The second kappa shape index (κ2) is 8.90. The van der Waals surface area contributed by atoms with E-state index in [2.05, 4.69) is 15.6 Å². The molecule has 0 saturated carbocycles. The van der Waals surface area contributed by atoms with Gasteiger partial charge >= 0.3 is 150 Å². The first-order valence-electron chi connectivity index (χ1n) is 6.79. The molecule has 1 unspecified atom stereocenters. The van der Waals surface area contributed by atoms with Crippen LogP contribution in [-0.4, -0.2) is 54.2 Å². The third kappa shape index (κ3) is 5.22. The SMILES string of the molecule is COC(=O)C([Se]C(=[Se])Oc1ccc(OC)cc1)c1ccccc1. The summed E-state index contributed by atoms with van der Waals surface area (Å²) in [7, 11) is 3.02. The summed E-state index contributed by atoms with van der Waals surface area (Å²) in [5.41, 5.74) is 0.922. The van der Waals surface area contributed by atoms with Crippen molar-refractivity contribution >= 4 is 40.0 Å². The summed E-state index contributed by atoms with van der Waals surface area (Å²) < 4.78 is 16.5. The molecule has 0 bridgehead atoms. The standard InChI is InChI=1S/C17H16O4Se2/c1-19-13-8-10-14(11-9-13)21-17(22)23-15(16(18)20-2)12-6-4-3-5-7-12/h3-11,15H,1-2H3. The number of hydrogen-bond donors (Lipinski definition) is 0. The van der Waals surface area contributed by atoms with Crippen LogP contribution in [0.3, 0.4) is 0 Å². The van der Waals surface area contributed by atoms with Crippen molar-refractivity contribution in [1.82, 2.24) is 0 Å². The van der Waals surface area contributed by atoms with Gasteiger partial charge in [0.2, 0.25) is 0 Å². The summed E-state index contributed by atoms with van der Waals surface area (Å²) in [6.07, 6.45) is 0. The van der Waals surface area contributed by atoms with Gasteiger partial charge in [-0.25, -0.2) is 0 Å². The number of ether oxygens (including phenoxy) is 3. The molecule has 0 aliphatic carbocycles. The molecule has 2 rings (SSSR count). The van der Waals surface area contributed by atoms with E-state index >= 15 is 0 Å². The minimum atomic E-state index is -0.344. The van der Waals surface area contributed by atoms with Crippen LogP contribution in [0.15, 0.2) is 54.6 Å². The van der Waals surface area contributed by atoms with E-state index in [9.17, 15) is 4.79 Å². The molecule has 4 nitrogen and oxygen atoms in total. The quantitative estimate of drug-likeness (QED) is 0.486. The van der Waals surface area contributed by atoms with E-state index in [0.29, 0.717) is 9.25 Å². The number of carbonyl (C=O) groups excluding carboxylic acids is 1. The maximum atomic E-state index is 12.1. The average Bonchev–Trinajstić information content (AvgIpc) is 2.60. The Hall–Kier alpha value is -1.58. The van der Waals surface area contributed by atoms with Crippen LogP contribution in [0.1, 0.15) is 10.4 Å². The van der Waals surface area contributed by atoms with Gasteiger partial charge in [0.15, 0.2) is 0 Å². The molecule has 2 aromatic rings. The molecule has 2 aromatic carbocycles. The van der Waals surface area contributed by atoms with Gasteiger partial charge in [-0.15, -0.1) is 0 Å². The number of hydrogen-bond acceptors (Lipinski definition) is 4. The van der Waals surface area contributed by atoms with E-state index in [1.54, 1.807) is 7.11 Å². The molecule has 0 aliphatic rings. The van der Waals surface area contributed by atoms with Crippen molar-refractivity contribution in [2.75, 3.05) is 14.2 Å². The molecule has 6 heteroatoms. The second-order valence-electron chi connectivity index (χ2n) is 4.46. The van der Waals surface area contributed by atoms with Crippen LogP contribution >= 0.6 is 0 Å². The van der Waals surface area contributed by atoms with Crippen molar-refractivity contribution < 1.29 is 19.0 Å². The van der Waals surface area contributed by atoms with Gasteiger partial charge in [0.05, 0.1) is 0 Å². The van der Waals surface area contributed by atoms with Crippen LogP contribution in [-0.2, 0) is 9.53 Å². The van der Waals surface area contributed by atoms with E-state index in [-0.39, 0.29) is 25.7 Å².